The average molecular weight is 318 g/mol. The predicted molar refractivity (Wildman–Crippen MR) is 81.1 cm³/mol. The number of nitrogens with zero attached hydrogens (tertiary/aromatic N) is 1. The first-order valence-electron chi connectivity index (χ1n) is 5.76. The zero-order valence-electron chi connectivity index (χ0n) is 10.1. The van der Waals surface area contributed by atoms with E-state index in [1.165, 1.54) is 17.7 Å². The first-order valence-corrected chi connectivity index (χ1v) is 6.88. The van der Waals surface area contributed by atoms with Gasteiger partial charge in [0, 0.05) is 17.5 Å². The van der Waals surface area contributed by atoms with Gasteiger partial charge >= 0.3 is 0 Å². The highest BCUT2D eigenvalue weighted by molar-refractivity contribution is 9.08. The molecule has 0 atom stereocenters. The van der Waals surface area contributed by atoms with Crippen LogP contribution in [0.3, 0.4) is 0 Å². The molecule has 0 aliphatic heterocycles. The van der Waals surface area contributed by atoms with Gasteiger partial charge < -0.3 is 0 Å². The number of rotatable bonds is 4. The van der Waals surface area contributed by atoms with E-state index in [-0.39, 0.29) is 5.69 Å². The topological polar surface area (TPSA) is 43.1 Å². The Morgan fingerprint density at radius 3 is 1.84 bits per heavy atom. The molecule has 0 spiro atoms. The minimum Gasteiger partial charge on any atom is -0.258 e. The third kappa shape index (κ3) is 3.76. The third-order valence-electron chi connectivity index (χ3n) is 2.71. The van der Waals surface area contributed by atoms with E-state index in [2.05, 4.69) is 28.1 Å². The second-order valence-electron chi connectivity index (χ2n) is 4.06. The zero-order valence-corrected chi connectivity index (χ0v) is 11.7. The molecule has 0 bridgehead atoms. The number of hydrogen-bond donors (Lipinski definition) is 0. The Labute approximate surface area is 119 Å². The molecule has 2 aromatic carbocycles. The first-order chi connectivity index (χ1) is 9.19. The average Bonchev–Trinajstić information content (AvgIpc) is 2.46. The molecule has 0 fully saturated rings. The Bertz CT molecular complexity index is 589. The quantitative estimate of drug-likeness (QED) is 0.356. The summed E-state index contributed by atoms with van der Waals surface area (Å²) in [5.41, 5.74) is 3.38. The fourth-order valence-electron chi connectivity index (χ4n) is 1.62. The van der Waals surface area contributed by atoms with Gasteiger partial charge in [-0.1, -0.05) is 52.3 Å². The summed E-state index contributed by atoms with van der Waals surface area (Å²) in [6.45, 7) is 0. The van der Waals surface area contributed by atoms with E-state index in [1.54, 1.807) is 12.1 Å². The SMILES string of the molecule is O=[N+]([O-])c1ccc(/C=C/c2ccc(CBr)cc2)cc1. The van der Waals surface area contributed by atoms with Crippen LogP contribution in [0.15, 0.2) is 48.5 Å². The normalized spacial score (nSPS) is 10.8. The van der Waals surface area contributed by atoms with Gasteiger partial charge in [-0.2, -0.15) is 0 Å². The van der Waals surface area contributed by atoms with Crippen molar-refractivity contribution < 1.29 is 4.92 Å². The summed E-state index contributed by atoms with van der Waals surface area (Å²) in [5.74, 6) is 0. The van der Waals surface area contributed by atoms with Crippen LogP contribution < -0.4 is 0 Å². The molecule has 4 heteroatoms. The van der Waals surface area contributed by atoms with E-state index < -0.39 is 4.92 Å². The first kappa shape index (κ1) is 13.5. The molecular formula is C15H12BrNO2. The van der Waals surface area contributed by atoms with E-state index in [0.717, 1.165) is 16.5 Å². The van der Waals surface area contributed by atoms with Gasteiger partial charge in [0.2, 0.25) is 0 Å². The third-order valence-corrected chi connectivity index (χ3v) is 3.35. The van der Waals surface area contributed by atoms with Crippen LogP contribution in [0, 0.1) is 10.1 Å². The second kappa shape index (κ2) is 6.29. The minimum atomic E-state index is -0.396. The van der Waals surface area contributed by atoms with E-state index in [4.69, 9.17) is 0 Å². The van der Waals surface area contributed by atoms with Gasteiger partial charge in [-0.15, -0.1) is 0 Å². The summed E-state index contributed by atoms with van der Waals surface area (Å²) in [6, 6.07) is 14.7. The van der Waals surface area contributed by atoms with Gasteiger partial charge in [-0.05, 0) is 28.8 Å². The maximum Gasteiger partial charge on any atom is 0.269 e. The molecule has 0 saturated carbocycles. The van der Waals surface area contributed by atoms with Gasteiger partial charge in [-0.25, -0.2) is 0 Å². The van der Waals surface area contributed by atoms with Crippen molar-refractivity contribution in [1.82, 2.24) is 0 Å². The van der Waals surface area contributed by atoms with E-state index in [0.29, 0.717) is 0 Å². The van der Waals surface area contributed by atoms with Crippen LogP contribution in [0.1, 0.15) is 16.7 Å². The van der Waals surface area contributed by atoms with Crippen LogP contribution in [-0.2, 0) is 5.33 Å². The van der Waals surface area contributed by atoms with Gasteiger partial charge in [-0.3, -0.25) is 10.1 Å². The largest absolute Gasteiger partial charge is 0.269 e. The smallest absolute Gasteiger partial charge is 0.258 e. The molecule has 0 N–H and O–H groups in total. The standard InChI is InChI=1S/C15H12BrNO2/c16-11-14-5-3-12(4-6-14)1-2-13-7-9-15(10-8-13)17(18)19/h1-10H,11H2/b2-1+. The lowest BCUT2D eigenvalue weighted by molar-refractivity contribution is -0.384. The number of alkyl halides is 1. The number of nitro groups is 1. The predicted octanol–water partition coefficient (Wildman–Crippen LogP) is 4.66. The Morgan fingerprint density at radius 2 is 1.42 bits per heavy atom. The summed E-state index contributed by atoms with van der Waals surface area (Å²) in [5, 5.41) is 11.4. The van der Waals surface area contributed by atoms with Crippen LogP contribution in [0.4, 0.5) is 5.69 Å². The van der Waals surface area contributed by atoms with Gasteiger partial charge in [0.1, 0.15) is 0 Å². The van der Waals surface area contributed by atoms with Crippen molar-refractivity contribution >= 4 is 33.8 Å². The van der Waals surface area contributed by atoms with Crippen LogP contribution in [0.5, 0.6) is 0 Å². The molecule has 0 unspecified atom stereocenters. The van der Waals surface area contributed by atoms with Crippen molar-refractivity contribution in [1.29, 1.82) is 0 Å². The van der Waals surface area contributed by atoms with E-state index in [9.17, 15) is 10.1 Å². The minimum absolute atomic E-state index is 0.110. The summed E-state index contributed by atoms with van der Waals surface area (Å²) < 4.78 is 0. The number of halogens is 1. The van der Waals surface area contributed by atoms with Crippen molar-refractivity contribution in [2.24, 2.45) is 0 Å². The summed E-state index contributed by atoms with van der Waals surface area (Å²) in [6.07, 6.45) is 3.92. The molecule has 0 aliphatic rings. The molecule has 0 amide bonds. The van der Waals surface area contributed by atoms with Crippen LogP contribution in [0.2, 0.25) is 0 Å². The van der Waals surface area contributed by atoms with Gasteiger partial charge in [0.15, 0.2) is 0 Å². The Morgan fingerprint density at radius 1 is 0.947 bits per heavy atom. The van der Waals surface area contributed by atoms with Gasteiger partial charge in [0.05, 0.1) is 4.92 Å². The lowest BCUT2D eigenvalue weighted by atomic mass is 10.1. The summed E-state index contributed by atoms with van der Waals surface area (Å²) >= 11 is 3.40. The van der Waals surface area contributed by atoms with E-state index in [1.807, 2.05) is 24.3 Å². The second-order valence-corrected chi connectivity index (χ2v) is 4.62. The maximum atomic E-state index is 10.5. The number of hydrogen-bond acceptors (Lipinski definition) is 2. The molecule has 0 aromatic heterocycles. The van der Waals surface area contributed by atoms with Crippen molar-refractivity contribution in [3.05, 3.63) is 75.3 Å². The zero-order chi connectivity index (χ0) is 13.7. The molecule has 0 radical (unpaired) electrons. The van der Waals surface area contributed by atoms with Crippen molar-refractivity contribution in [3.63, 3.8) is 0 Å². The fourth-order valence-corrected chi connectivity index (χ4v) is 1.99. The van der Waals surface area contributed by atoms with Crippen LogP contribution in [0.25, 0.3) is 12.2 Å². The number of non-ortho nitro benzene ring substituents is 1. The monoisotopic (exact) mass is 317 g/mol. The Hall–Kier alpha value is -1.94. The molecule has 3 nitrogen and oxygen atoms in total. The molecule has 0 saturated heterocycles. The molecule has 0 heterocycles. The van der Waals surface area contributed by atoms with Crippen molar-refractivity contribution in [3.8, 4) is 0 Å². The highest BCUT2D eigenvalue weighted by atomic mass is 79.9. The fraction of sp³-hybridized carbons (Fsp3) is 0.0667. The van der Waals surface area contributed by atoms with Crippen LogP contribution in [-0.4, -0.2) is 4.92 Å². The van der Waals surface area contributed by atoms with Crippen molar-refractivity contribution in [2.75, 3.05) is 0 Å². The van der Waals surface area contributed by atoms with Crippen LogP contribution >= 0.6 is 15.9 Å². The van der Waals surface area contributed by atoms with Crippen molar-refractivity contribution in [2.45, 2.75) is 5.33 Å². The van der Waals surface area contributed by atoms with Gasteiger partial charge in [0.25, 0.3) is 5.69 Å². The number of benzene rings is 2. The highest BCUT2D eigenvalue weighted by Gasteiger charge is 2.01. The molecule has 96 valence electrons. The highest BCUT2D eigenvalue weighted by Crippen LogP contribution is 2.15. The molecule has 19 heavy (non-hydrogen) atoms. The lowest BCUT2D eigenvalue weighted by Gasteiger charge is -1.97. The number of nitro benzene ring substituents is 1. The Kier molecular flexibility index (Phi) is 4.47. The summed E-state index contributed by atoms with van der Waals surface area (Å²) in [7, 11) is 0. The molecule has 0 aliphatic carbocycles. The molecule has 2 rings (SSSR count). The summed E-state index contributed by atoms with van der Waals surface area (Å²) in [4.78, 5) is 10.1. The molecular weight excluding hydrogens is 306 g/mol. The maximum absolute atomic E-state index is 10.5. The Balaban J connectivity index is 2.10. The lowest BCUT2D eigenvalue weighted by Crippen LogP contribution is -1.86. The van der Waals surface area contributed by atoms with E-state index >= 15 is 0 Å². The molecule has 2 aromatic rings.